The van der Waals surface area contributed by atoms with Crippen LogP contribution < -0.4 is 14.5 Å². The Morgan fingerprint density at radius 3 is 2.49 bits per heavy atom. The zero-order valence-corrected chi connectivity index (χ0v) is 23.2. The lowest BCUT2D eigenvalue weighted by atomic mass is 10.0. The number of amides is 1. The molecule has 0 saturated heterocycles. The molecule has 2 aromatic carbocycles. The topological polar surface area (TPSA) is 76.4 Å². The number of hydrogen-bond donors (Lipinski definition) is 0. The van der Waals surface area contributed by atoms with Crippen LogP contribution in [-0.4, -0.2) is 46.6 Å². The highest BCUT2D eigenvalue weighted by atomic mass is 35.5. The fourth-order valence-electron chi connectivity index (χ4n) is 4.75. The van der Waals surface area contributed by atoms with Gasteiger partial charge >= 0.3 is 0 Å². The van der Waals surface area contributed by atoms with Crippen LogP contribution in [0, 0.1) is 11.6 Å². The van der Waals surface area contributed by atoms with Gasteiger partial charge < -0.3 is 14.2 Å². The monoisotopic (exact) mass is 572 g/mol. The van der Waals surface area contributed by atoms with Crippen LogP contribution in [0.25, 0.3) is 11.4 Å². The molecule has 39 heavy (non-hydrogen) atoms. The minimum absolute atomic E-state index is 0.0381. The average molecular weight is 573 g/mol. The zero-order valence-electron chi connectivity index (χ0n) is 21.7. The molecule has 12 heteroatoms. The Kier molecular flexibility index (Phi) is 6.94. The summed E-state index contributed by atoms with van der Waals surface area (Å²) in [5.74, 6) is -1.05. The fourth-order valence-corrected chi connectivity index (χ4v) is 5.08. The first-order valence-corrected chi connectivity index (χ1v) is 12.7. The van der Waals surface area contributed by atoms with Crippen molar-refractivity contribution in [2.24, 2.45) is 0 Å². The van der Waals surface area contributed by atoms with Gasteiger partial charge in [0, 0.05) is 36.9 Å². The molecule has 0 N–H and O–H groups in total. The van der Waals surface area contributed by atoms with Crippen molar-refractivity contribution in [3.63, 3.8) is 0 Å². The second kappa shape index (κ2) is 10.1. The van der Waals surface area contributed by atoms with Crippen molar-refractivity contribution in [3.8, 4) is 17.3 Å². The second-order valence-corrected chi connectivity index (χ2v) is 10.3. The first-order chi connectivity index (χ1) is 18.5. The highest BCUT2D eigenvalue weighted by molar-refractivity contribution is 6.31. The number of aromatic nitrogens is 4. The first kappa shape index (κ1) is 26.8. The summed E-state index contributed by atoms with van der Waals surface area (Å²) >= 11 is 12.1. The Bertz CT molecular complexity index is 1610. The number of fused-ring (bicyclic) bond motifs is 1. The van der Waals surface area contributed by atoms with Crippen molar-refractivity contribution in [2.45, 2.75) is 25.9 Å². The molecule has 1 atom stereocenters. The summed E-state index contributed by atoms with van der Waals surface area (Å²) < 4.78 is 38.1. The Labute approximate surface area is 233 Å². The summed E-state index contributed by atoms with van der Waals surface area (Å²) in [5, 5.41) is 0.0117. The van der Waals surface area contributed by atoms with Gasteiger partial charge in [-0.3, -0.25) is 9.69 Å². The number of ether oxygens (including phenoxy) is 1. The molecule has 0 aliphatic carbocycles. The fraction of sp³-hybridized carbons (Fsp3) is 0.259. The predicted octanol–water partition coefficient (Wildman–Crippen LogP) is 6.33. The molecule has 4 aromatic rings. The third-order valence-electron chi connectivity index (χ3n) is 6.43. The van der Waals surface area contributed by atoms with Crippen LogP contribution in [-0.2, 0) is 0 Å². The number of carbonyl (C=O) groups excluding carboxylic acids is 1. The molecular formula is C27H24Cl2F2N6O2. The van der Waals surface area contributed by atoms with E-state index >= 15 is 8.78 Å². The zero-order chi connectivity index (χ0) is 28.2. The molecule has 0 saturated carbocycles. The quantitative estimate of drug-likeness (QED) is 0.268. The molecule has 5 rings (SSSR count). The van der Waals surface area contributed by atoms with Crippen LogP contribution in [0.1, 0.15) is 47.7 Å². The third kappa shape index (κ3) is 4.37. The van der Waals surface area contributed by atoms with E-state index in [2.05, 4.69) is 9.97 Å². The summed E-state index contributed by atoms with van der Waals surface area (Å²) in [6, 6.07) is 7.13. The first-order valence-electron chi connectivity index (χ1n) is 12.0. The van der Waals surface area contributed by atoms with Gasteiger partial charge in [-0.2, -0.15) is 4.98 Å². The van der Waals surface area contributed by atoms with Crippen molar-refractivity contribution in [1.29, 1.82) is 0 Å². The van der Waals surface area contributed by atoms with Crippen LogP contribution in [0.4, 0.5) is 20.4 Å². The molecule has 0 spiro atoms. The van der Waals surface area contributed by atoms with Gasteiger partial charge in [-0.1, -0.05) is 35.3 Å². The summed E-state index contributed by atoms with van der Waals surface area (Å²) in [6.45, 7) is 3.80. The molecule has 1 amide bonds. The molecule has 2 aromatic heterocycles. The maximum Gasteiger partial charge on any atom is 0.279 e. The van der Waals surface area contributed by atoms with E-state index < -0.39 is 23.6 Å². The summed E-state index contributed by atoms with van der Waals surface area (Å²) in [4.78, 5) is 30.4. The average Bonchev–Trinajstić information content (AvgIpc) is 3.40. The van der Waals surface area contributed by atoms with E-state index in [1.807, 2.05) is 13.8 Å². The molecule has 1 aliphatic heterocycles. The number of rotatable bonds is 6. The number of anilines is 2. The van der Waals surface area contributed by atoms with Crippen molar-refractivity contribution >= 4 is 40.7 Å². The van der Waals surface area contributed by atoms with Crippen LogP contribution in [0.5, 0.6) is 5.88 Å². The van der Waals surface area contributed by atoms with Crippen molar-refractivity contribution in [1.82, 2.24) is 19.5 Å². The van der Waals surface area contributed by atoms with Gasteiger partial charge in [-0.05, 0) is 38.1 Å². The molecule has 202 valence electrons. The van der Waals surface area contributed by atoms with Gasteiger partial charge in [-0.25, -0.2) is 18.7 Å². The second-order valence-electron chi connectivity index (χ2n) is 9.44. The van der Waals surface area contributed by atoms with E-state index in [4.69, 9.17) is 32.9 Å². The summed E-state index contributed by atoms with van der Waals surface area (Å²) in [6.07, 6.45) is 1.56. The maximum absolute atomic E-state index is 15.5. The molecule has 1 aliphatic rings. The van der Waals surface area contributed by atoms with Gasteiger partial charge in [0.25, 0.3) is 5.91 Å². The number of halogens is 4. The van der Waals surface area contributed by atoms with Crippen molar-refractivity contribution in [3.05, 3.63) is 81.2 Å². The maximum atomic E-state index is 15.5. The number of carbonyl (C=O) groups is 1. The van der Waals surface area contributed by atoms with Crippen LogP contribution in [0.2, 0.25) is 10.0 Å². The lowest BCUT2D eigenvalue weighted by Gasteiger charge is -2.29. The van der Waals surface area contributed by atoms with Gasteiger partial charge in [0.15, 0.2) is 11.5 Å². The molecule has 3 heterocycles. The largest absolute Gasteiger partial charge is 0.480 e. The van der Waals surface area contributed by atoms with Crippen molar-refractivity contribution < 1.29 is 18.3 Å². The Hall–Kier alpha value is -3.76. The summed E-state index contributed by atoms with van der Waals surface area (Å²) in [5.41, 5.74) is 0.874. The van der Waals surface area contributed by atoms with Crippen LogP contribution >= 0.6 is 23.2 Å². The minimum Gasteiger partial charge on any atom is -0.480 e. The summed E-state index contributed by atoms with van der Waals surface area (Å²) in [7, 11) is 5.07. The third-order valence-corrected chi connectivity index (χ3v) is 6.95. The minimum atomic E-state index is -1.07. The Morgan fingerprint density at radius 2 is 1.85 bits per heavy atom. The van der Waals surface area contributed by atoms with E-state index in [0.717, 1.165) is 6.07 Å². The van der Waals surface area contributed by atoms with E-state index in [-0.39, 0.29) is 38.9 Å². The SMILES string of the molecule is COc1nc(N(C)C)ncc1-c1nc2c(n1C(C)C)C(c1ccc(Cl)cc1F)N(c1cccc(Cl)c1F)C2=O. The standard InChI is InChI=1S/C27H24Cl2F2N6O2/c1-13(2)36-23-21(33-24(36)16-12-32-27(35(3)4)34-25(16)39-5)26(38)37(19-8-6-7-17(29)20(19)31)22(23)15-10-9-14(28)11-18(15)30/h6-13,22H,1-5H3. The Morgan fingerprint density at radius 1 is 1.10 bits per heavy atom. The number of benzene rings is 2. The van der Waals surface area contributed by atoms with Gasteiger partial charge in [0.1, 0.15) is 17.7 Å². The van der Waals surface area contributed by atoms with Crippen LogP contribution in [0.3, 0.4) is 0 Å². The lowest BCUT2D eigenvalue weighted by molar-refractivity contribution is 0.0988. The van der Waals surface area contributed by atoms with Gasteiger partial charge in [-0.15, -0.1) is 0 Å². The highest BCUT2D eigenvalue weighted by Gasteiger charge is 2.46. The number of nitrogens with zero attached hydrogens (tertiary/aromatic N) is 6. The van der Waals surface area contributed by atoms with E-state index in [1.165, 1.54) is 42.3 Å². The predicted molar refractivity (Wildman–Crippen MR) is 146 cm³/mol. The molecule has 0 fully saturated rings. The molecule has 1 unspecified atom stereocenters. The Balaban J connectivity index is 1.81. The normalized spacial score (nSPS) is 14.8. The van der Waals surface area contributed by atoms with E-state index in [1.54, 1.807) is 29.8 Å². The number of imidazole rings is 1. The molecular weight excluding hydrogens is 549 g/mol. The van der Waals surface area contributed by atoms with Gasteiger partial charge in [0.2, 0.25) is 11.8 Å². The molecule has 0 bridgehead atoms. The van der Waals surface area contributed by atoms with E-state index in [0.29, 0.717) is 23.0 Å². The molecule has 8 nitrogen and oxygen atoms in total. The number of methoxy groups -OCH3 is 1. The van der Waals surface area contributed by atoms with Crippen LogP contribution in [0.15, 0.2) is 42.6 Å². The van der Waals surface area contributed by atoms with Crippen molar-refractivity contribution in [2.75, 3.05) is 31.0 Å². The smallest absolute Gasteiger partial charge is 0.279 e. The highest BCUT2D eigenvalue weighted by Crippen LogP contribution is 2.47. The lowest BCUT2D eigenvalue weighted by Crippen LogP contribution is -2.31. The molecule has 0 radical (unpaired) electrons. The number of hydrogen-bond acceptors (Lipinski definition) is 6. The van der Waals surface area contributed by atoms with E-state index in [9.17, 15) is 4.79 Å². The van der Waals surface area contributed by atoms with Gasteiger partial charge in [0.05, 0.1) is 29.1 Å².